The van der Waals surface area contributed by atoms with Crippen LogP contribution in [0.3, 0.4) is 0 Å². The summed E-state index contributed by atoms with van der Waals surface area (Å²) in [5, 5.41) is 17.8. The molecule has 0 bridgehead atoms. The summed E-state index contributed by atoms with van der Waals surface area (Å²) in [6.45, 7) is 0.593. The Morgan fingerprint density at radius 1 is 1.24 bits per heavy atom. The molecule has 0 radical (unpaired) electrons. The average molecular weight is 305 g/mol. The summed E-state index contributed by atoms with van der Waals surface area (Å²) in [6.07, 6.45) is -2.43. The number of hydrogen-bond donors (Lipinski definition) is 2. The molecule has 0 unspecified atom stereocenters. The van der Waals surface area contributed by atoms with Gasteiger partial charge in [-0.3, -0.25) is 0 Å². The molecule has 1 aromatic carbocycles. The van der Waals surface area contributed by atoms with Gasteiger partial charge in [0.1, 0.15) is 0 Å². The predicted octanol–water partition coefficient (Wildman–Crippen LogP) is 3.00. The fourth-order valence-electron chi connectivity index (χ4n) is 1.97. The van der Waals surface area contributed by atoms with Gasteiger partial charge in [0.05, 0.1) is 16.8 Å². The number of hydrogen-bond acceptors (Lipinski definition) is 3. The minimum Gasteiger partial charge on any atom is -0.478 e. The molecular formula is C14H18F3NO3. The molecule has 7 heteroatoms. The van der Waals surface area contributed by atoms with Crippen LogP contribution in [0.4, 0.5) is 18.9 Å². The molecule has 0 aliphatic heterocycles. The molecule has 0 amide bonds. The first-order chi connectivity index (χ1) is 9.77. The fraction of sp³-hybridized carbons (Fsp3) is 0.500. The van der Waals surface area contributed by atoms with Crippen LogP contribution >= 0.6 is 0 Å². The summed E-state index contributed by atoms with van der Waals surface area (Å²) in [4.78, 5) is 12.8. The molecule has 0 aromatic heterocycles. The third-order valence-corrected chi connectivity index (χ3v) is 3.12. The van der Waals surface area contributed by atoms with Crippen molar-refractivity contribution in [3.05, 3.63) is 29.3 Å². The number of aromatic carboxylic acids is 1. The van der Waals surface area contributed by atoms with E-state index >= 15 is 0 Å². The van der Waals surface area contributed by atoms with Gasteiger partial charge >= 0.3 is 12.1 Å². The van der Waals surface area contributed by atoms with E-state index in [1.165, 1.54) is 6.07 Å². The van der Waals surface area contributed by atoms with Gasteiger partial charge in [0.2, 0.25) is 0 Å². The van der Waals surface area contributed by atoms with Crippen molar-refractivity contribution in [1.29, 1.82) is 0 Å². The zero-order valence-electron chi connectivity index (χ0n) is 11.7. The molecule has 0 aliphatic carbocycles. The second-order valence-corrected chi connectivity index (χ2v) is 4.74. The summed E-state index contributed by atoms with van der Waals surface area (Å²) >= 11 is 0. The highest BCUT2D eigenvalue weighted by atomic mass is 19.4. The third kappa shape index (κ3) is 4.93. The second-order valence-electron chi connectivity index (χ2n) is 4.74. The van der Waals surface area contributed by atoms with Crippen LogP contribution in [0.1, 0.15) is 35.2 Å². The Balaban J connectivity index is 2.93. The predicted molar refractivity (Wildman–Crippen MR) is 72.6 cm³/mol. The molecule has 2 N–H and O–H groups in total. The van der Waals surface area contributed by atoms with Crippen molar-refractivity contribution in [1.82, 2.24) is 0 Å². The normalized spacial score (nSPS) is 11.5. The number of benzene rings is 1. The first-order valence-electron chi connectivity index (χ1n) is 6.54. The largest absolute Gasteiger partial charge is 0.478 e. The number of anilines is 1. The number of rotatable bonds is 7. The molecule has 21 heavy (non-hydrogen) atoms. The van der Waals surface area contributed by atoms with Crippen molar-refractivity contribution in [2.24, 2.45) is 0 Å². The Bertz CT molecular complexity index is 489. The van der Waals surface area contributed by atoms with Crippen molar-refractivity contribution in [3.63, 3.8) is 0 Å². The molecule has 0 saturated carbocycles. The van der Waals surface area contributed by atoms with Crippen LogP contribution in [-0.4, -0.2) is 36.4 Å². The van der Waals surface area contributed by atoms with E-state index in [2.05, 4.69) is 0 Å². The first-order valence-corrected chi connectivity index (χ1v) is 6.54. The van der Waals surface area contributed by atoms with Crippen LogP contribution in [0.15, 0.2) is 18.2 Å². The number of aliphatic hydroxyl groups excluding tert-OH is 1. The minimum atomic E-state index is -4.57. The second kappa shape index (κ2) is 7.31. The van der Waals surface area contributed by atoms with Gasteiger partial charge in [-0.15, -0.1) is 0 Å². The lowest BCUT2D eigenvalue weighted by molar-refractivity contribution is -0.137. The lowest BCUT2D eigenvalue weighted by Gasteiger charge is -2.22. The van der Waals surface area contributed by atoms with Crippen molar-refractivity contribution in [2.75, 3.05) is 25.1 Å². The summed E-state index contributed by atoms with van der Waals surface area (Å²) in [5.41, 5.74) is -1.09. The summed E-state index contributed by atoms with van der Waals surface area (Å²) in [5.74, 6) is -1.39. The SMILES string of the molecule is CN(CCCCCO)c1ccc(C(F)(F)F)cc1C(=O)O. The van der Waals surface area contributed by atoms with Gasteiger partial charge in [-0.1, -0.05) is 0 Å². The molecule has 0 heterocycles. The van der Waals surface area contributed by atoms with E-state index < -0.39 is 17.7 Å². The van der Waals surface area contributed by atoms with Crippen LogP contribution < -0.4 is 4.90 Å². The molecule has 0 spiro atoms. The Kier molecular flexibility index (Phi) is 6.02. The van der Waals surface area contributed by atoms with Crippen molar-refractivity contribution in [2.45, 2.75) is 25.4 Å². The van der Waals surface area contributed by atoms with Crippen LogP contribution in [0.2, 0.25) is 0 Å². The highest BCUT2D eigenvalue weighted by Crippen LogP contribution is 2.32. The van der Waals surface area contributed by atoms with E-state index in [-0.39, 0.29) is 17.9 Å². The van der Waals surface area contributed by atoms with Crippen LogP contribution in [0.25, 0.3) is 0 Å². The maximum absolute atomic E-state index is 12.6. The third-order valence-electron chi connectivity index (χ3n) is 3.12. The highest BCUT2D eigenvalue weighted by Gasteiger charge is 2.32. The number of halogens is 3. The van der Waals surface area contributed by atoms with Gasteiger partial charge in [-0.05, 0) is 37.5 Å². The number of alkyl halides is 3. The monoisotopic (exact) mass is 305 g/mol. The van der Waals surface area contributed by atoms with E-state index in [0.717, 1.165) is 18.9 Å². The maximum atomic E-state index is 12.6. The number of unbranched alkanes of at least 4 members (excludes halogenated alkanes) is 2. The zero-order chi connectivity index (χ0) is 16.0. The number of aliphatic hydroxyl groups is 1. The van der Waals surface area contributed by atoms with Gasteiger partial charge in [0, 0.05) is 20.2 Å². The highest BCUT2D eigenvalue weighted by molar-refractivity contribution is 5.94. The Labute approximate surface area is 120 Å². The standard InChI is InChI=1S/C14H18F3NO3/c1-18(7-3-2-4-8-19)12-6-5-10(14(15,16)17)9-11(12)13(20)21/h5-6,9,19H,2-4,7-8H2,1H3,(H,20,21). The lowest BCUT2D eigenvalue weighted by Crippen LogP contribution is -2.22. The van der Waals surface area contributed by atoms with E-state index in [1.54, 1.807) is 11.9 Å². The van der Waals surface area contributed by atoms with E-state index in [9.17, 15) is 18.0 Å². The quantitative estimate of drug-likeness (QED) is 0.760. The number of nitrogens with zero attached hydrogens (tertiary/aromatic N) is 1. The van der Waals surface area contributed by atoms with Gasteiger partial charge in [0.15, 0.2) is 0 Å². The molecule has 0 fully saturated rings. The van der Waals surface area contributed by atoms with Crippen LogP contribution in [0, 0.1) is 0 Å². The number of carboxylic acids is 1. The number of carbonyl (C=O) groups is 1. The summed E-state index contributed by atoms with van der Waals surface area (Å²) in [7, 11) is 1.63. The van der Waals surface area contributed by atoms with Crippen LogP contribution in [-0.2, 0) is 6.18 Å². The van der Waals surface area contributed by atoms with Gasteiger partial charge in [0.25, 0.3) is 0 Å². The van der Waals surface area contributed by atoms with E-state index in [1.807, 2.05) is 0 Å². The molecule has 0 atom stereocenters. The first kappa shape index (κ1) is 17.3. The van der Waals surface area contributed by atoms with Gasteiger partial charge in [-0.2, -0.15) is 13.2 Å². The Morgan fingerprint density at radius 3 is 2.43 bits per heavy atom. The summed E-state index contributed by atoms with van der Waals surface area (Å²) < 4.78 is 37.9. The molecule has 4 nitrogen and oxygen atoms in total. The average Bonchev–Trinajstić information content (AvgIpc) is 2.41. The van der Waals surface area contributed by atoms with E-state index in [4.69, 9.17) is 10.2 Å². The fourth-order valence-corrected chi connectivity index (χ4v) is 1.97. The summed E-state index contributed by atoms with van der Waals surface area (Å²) in [6, 6.07) is 2.71. The lowest BCUT2D eigenvalue weighted by atomic mass is 10.1. The topological polar surface area (TPSA) is 60.8 Å². The van der Waals surface area contributed by atoms with Gasteiger partial charge in [-0.25, -0.2) is 4.79 Å². The zero-order valence-corrected chi connectivity index (χ0v) is 11.7. The molecule has 0 saturated heterocycles. The van der Waals surface area contributed by atoms with Crippen molar-refractivity contribution >= 4 is 11.7 Å². The Hall–Kier alpha value is -1.76. The molecule has 1 aromatic rings. The molecule has 1 rings (SSSR count). The maximum Gasteiger partial charge on any atom is 0.416 e. The van der Waals surface area contributed by atoms with Crippen molar-refractivity contribution < 1.29 is 28.2 Å². The Morgan fingerprint density at radius 2 is 1.90 bits per heavy atom. The smallest absolute Gasteiger partial charge is 0.416 e. The van der Waals surface area contributed by atoms with E-state index in [0.29, 0.717) is 19.0 Å². The van der Waals surface area contributed by atoms with Gasteiger partial charge < -0.3 is 15.1 Å². The van der Waals surface area contributed by atoms with Crippen LogP contribution in [0.5, 0.6) is 0 Å². The molecule has 0 aliphatic rings. The molecule has 118 valence electrons. The number of carboxylic acid groups (broad SMARTS) is 1. The minimum absolute atomic E-state index is 0.0877. The molecular weight excluding hydrogens is 287 g/mol. The van der Waals surface area contributed by atoms with Crippen molar-refractivity contribution in [3.8, 4) is 0 Å².